The summed E-state index contributed by atoms with van der Waals surface area (Å²) in [6, 6.07) is 12.1. The van der Waals surface area contributed by atoms with Crippen LogP contribution in [-0.4, -0.2) is 21.3 Å². The Labute approximate surface area is 138 Å². The third kappa shape index (κ3) is 2.08. The molecule has 114 valence electrons. The van der Waals surface area contributed by atoms with E-state index in [2.05, 4.69) is 12.1 Å². The van der Waals surface area contributed by atoms with Gasteiger partial charge in [0.15, 0.2) is 11.5 Å². The molecular formula is C17H13N3O2S. The Morgan fingerprint density at radius 1 is 1.00 bits per heavy atom. The van der Waals surface area contributed by atoms with Gasteiger partial charge in [0.2, 0.25) is 0 Å². The Bertz CT molecular complexity index is 881. The van der Waals surface area contributed by atoms with Crippen molar-refractivity contribution in [3.05, 3.63) is 35.4 Å². The van der Waals surface area contributed by atoms with Crippen LogP contribution < -0.4 is 14.4 Å². The molecule has 0 saturated heterocycles. The quantitative estimate of drug-likeness (QED) is 0.839. The van der Waals surface area contributed by atoms with Gasteiger partial charge in [-0.25, -0.2) is 0 Å². The van der Waals surface area contributed by atoms with Crippen molar-refractivity contribution < 1.29 is 9.47 Å². The third-order valence-electron chi connectivity index (χ3n) is 3.75. The topological polar surface area (TPSA) is 69.3 Å². The minimum atomic E-state index is 0.192. The van der Waals surface area contributed by atoms with E-state index in [1.807, 2.05) is 36.2 Å². The molecule has 0 saturated carbocycles. The lowest BCUT2D eigenvalue weighted by atomic mass is 10.0. The average Bonchev–Trinajstić information content (AvgIpc) is 2.59. The lowest BCUT2D eigenvalue weighted by molar-refractivity contribution is 0.392. The summed E-state index contributed by atoms with van der Waals surface area (Å²) >= 11 is 1.51. The molecule has 23 heavy (non-hydrogen) atoms. The highest BCUT2D eigenvalue weighted by Gasteiger charge is 2.32. The second-order valence-electron chi connectivity index (χ2n) is 4.85. The maximum atomic E-state index is 9.50. The van der Waals surface area contributed by atoms with E-state index < -0.39 is 0 Å². The zero-order chi connectivity index (χ0) is 16.6. The Balaban J connectivity index is 2.41. The highest BCUT2D eigenvalue weighted by atomic mass is 32.2. The van der Waals surface area contributed by atoms with Crippen LogP contribution >= 0.6 is 11.8 Å². The molecule has 3 rings (SSSR count). The zero-order valence-electron chi connectivity index (χ0n) is 12.9. The smallest absolute Gasteiger partial charge is 0.163 e. The van der Waals surface area contributed by atoms with Crippen LogP contribution in [0.5, 0.6) is 11.5 Å². The van der Waals surface area contributed by atoms with Gasteiger partial charge in [-0.15, -0.1) is 0 Å². The second-order valence-corrected chi connectivity index (χ2v) is 5.90. The molecule has 0 N–H and O–H groups in total. The predicted octanol–water partition coefficient (Wildman–Crippen LogP) is 3.68. The van der Waals surface area contributed by atoms with Gasteiger partial charge >= 0.3 is 0 Å². The molecule has 0 bridgehead atoms. The van der Waals surface area contributed by atoms with Crippen molar-refractivity contribution in [2.45, 2.75) is 9.79 Å². The van der Waals surface area contributed by atoms with Gasteiger partial charge in [-0.2, -0.15) is 10.5 Å². The maximum Gasteiger partial charge on any atom is 0.163 e. The molecular weight excluding hydrogens is 310 g/mol. The molecule has 0 spiro atoms. The molecule has 0 unspecified atom stereocenters. The van der Waals surface area contributed by atoms with E-state index in [-0.39, 0.29) is 11.1 Å². The van der Waals surface area contributed by atoms with E-state index in [9.17, 15) is 10.5 Å². The Morgan fingerprint density at radius 3 is 2.22 bits per heavy atom. The molecule has 5 nitrogen and oxygen atoms in total. The third-order valence-corrected chi connectivity index (χ3v) is 4.89. The summed E-state index contributed by atoms with van der Waals surface area (Å²) in [6.07, 6.45) is 0. The van der Waals surface area contributed by atoms with Gasteiger partial charge in [0.05, 0.1) is 24.8 Å². The van der Waals surface area contributed by atoms with Crippen LogP contribution in [0.4, 0.5) is 11.4 Å². The first kappa shape index (κ1) is 15.1. The Morgan fingerprint density at radius 2 is 1.61 bits per heavy atom. The normalized spacial score (nSPS) is 11.8. The van der Waals surface area contributed by atoms with Crippen molar-refractivity contribution in [1.82, 2.24) is 0 Å². The Hall–Kier alpha value is -2.83. The summed E-state index contributed by atoms with van der Waals surface area (Å²) in [5.74, 6) is 0.801. The van der Waals surface area contributed by atoms with Crippen LogP contribution in [0.15, 0.2) is 34.1 Å². The summed E-state index contributed by atoms with van der Waals surface area (Å²) < 4.78 is 10.9. The fourth-order valence-electron chi connectivity index (χ4n) is 2.73. The van der Waals surface area contributed by atoms with Gasteiger partial charge in [-0.05, 0) is 12.1 Å². The minimum Gasteiger partial charge on any atom is -0.494 e. The molecule has 6 heteroatoms. The van der Waals surface area contributed by atoms with Crippen molar-refractivity contribution in [2.24, 2.45) is 0 Å². The average molecular weight is 323 g/mol. The molecule has 0 radical (unpaired) electrons. The van der Waals surface area contributed by atoms with Crippen molar-refractivity contribution >= 4 is 23.1 Å². The number of ether oxygens (including phenoxy) is 2. The van der Waals surface area contributed by atoms with Gasteiger partial charge in [-0.1, -0.05) is 23.9 Å². The lowest BCUT2D eigenvalue weighted by Crippen LogP contribution is -2.17. The minimum absolute atomic E-state index is 0.192. The van der Waals surface area contributed by atoms with Crippen LogP contribution in [0, 0.1) is 22.7 Å². The van der Waals surface area contributed by atoms with Crippen molar-refractivity contribution in [2.75, 3.05) is 26.2 Å². The number of anilines is 2. The number of methoxy groups -OCH3 is 2. The number of nitrogens with zero attached hydrogens (tertiary/aromatic N) is 3. The summed E-state index contributed by atoms with van der Waals surface area (Å²) in [7, 11) is 4.92. The summed E-state index contributed by atoms with van der Waals surface area (Å²) in [5.41, 5.74) is 2.14. The van der Waals surface area contributed by atoms with E-state index in [4.69, 9.17) is 9.47 Å². The summed E-state index contributed by atoms with van der Waals surface area (Å²) in [5, 5.41) is 19.0. The first-order chi connectivity index (χ1) is 11.2. The first-order valence-corrected chi connectivity index (χ1v) is 7.62. The fourth-order valence-corrected chi connectivity index (χ4v) is 4.01. The number of benzene rings is 2. The van der Waals surface area contributed by atoms with Crippen LogP contribution in [0.2, 0.25) is 0 Å². The number of fused-ring (bicyclic) bond motifs is 2. The number of rotatable bonds is 2. The molecule has 0 atom stereocenters. The van der Waals surface area contributed by atoms with Crippen molar-refractivity contribution in [3.8, 4) is 23.6 Å². The van der Waals surface area contributed by atoms with Crippen LogP contribution in [-0.2, 0) is 0 Å². The van der Waals surface area contributed by atoms with Gasteiger partial charge in [0.25, 0.3) is 0 Å². The highest BCUT2D eigenvalue weighted by molar-refractivity contribution is 7.99. The van der Waals surface area contributed by atoms with Crippen LogP contribution in [0.3, 0.4) is 0 Å². The number of hydrogen-bond donors (Lipinski definition) is 0. The SMILES string of the molecule is COc1c(C#N)c(C#N)c(OC)c2c1Sc1ccccc1N2C. The first-order valence-electron chi connectivity index (χ1n) is 6.80. The number of para-hydroxylation sites is 1. The molecule has 2 aromatic rings. The Kier molecular flexibility index (Phi) is 3.77. The standard InChI is InChI=1S/C17H13N3O2S/c1-20-12-6-4-5-7-13(12)23-17-14(20)15(21-2)10(8-18)11(9-19)16(17)22-3/h4-7H,1-3H3. The molecule has 1 aliphatic heterocycles. The maximum absolute atomic E-state index is 9.50. The predicted molar refractivity (Wildman–Crippen MR) is 87.6 cm³/mol. The van der Waals surface area contributed by atoms with E-state index in [0.29, 0.717) is 11.5 Å². The van der Waals surface area contributed by atoms with Gasteiger partial charge in [0, 0.05) is 11.9 Å². The summed E-state index contributed by atoms with van der Waals surface area (Å²) in [4.78, 5) is 3.79. The van der Waals surface area contributed by atoms with Gasteiger partial charge < -0.3 is 14.4 Å². The molecule has 2 aromatic carbocycles. The molecule has 0 amide bonds. The molecule has 0 fully saturated rings. The van der Waals surface area contributed by atoms with Crippen molar-refractivity contribution in [1.29, 1.82) is 10.5 Å². The van der Waals surface area contributed by atoms with E-state index in [1.165, 1.54) is 26.0 Å². The monoisotopic (exact) mass is 323 g/mol. The molecule has 1 aliphatic rings. The fraction of sp³-hybridized carbons (Fsp3) is 0.176. The van der Waals surface area contributed by atoms with Gasteiger partial charge in [-0.3, -0.25) is 0 Å². The van der Waals surface area contributed by atoms with Crippen LogP contribution in [0.25, 0.3) is 0 Å². The van der Waals surface area contributed by atoms with E-state index in [0.717, 1.165) is 21.2 Å². The number of hydrogen-bond acceptors (Lipinski definition) is 6. The van der Waals surface area contributed by atoms with E-state index in [1.54, 1.807) is 0 Å². The number of nitriles is 2. The van der Waals surface area contributed by atoms with Crippen molar-refractivity contribution in [3.63, 3.8) is 0 Å². The molecule has 1 heterocycles. The largest absolute Gasteiger partial charge is 0.494 e. The molecule has 0 aliphatic carbocycles. The lowest BCUT2D eigenvalue weighted by Gasteiger charge is -2.32. The second kappa shape index (κ2) is 5.75. The highest BCUT2D eigenvalue weighted by Crippen LogP contribution is 2.56. The van der Waals surface area contributed by atoms with Gasteiger partial charge in [0.1, 0.15) is 29.0 Å². The molecule has 0 aromatic heterocycles. The zero-order valence-corrected chi connectivity index (χ0v) is 13.7. The van der Waals surface area contributed by atoms with Crippen LogP contribution in [0.1, 0.15) is 11.1 Å². The summed E-state index contributed by atoms with van der Waals surface area (Å²) in [6.45, 7) is 0. The van der Waals surface area contributed by atoms with E-state index >= 15 is 0 Å².